The van der Waals surface area contributed by atoms with Crippen molar-refractivity contribution in [1.29, 1.82) is 0 Å². The zero-order chi connectivity index (χ0) is 44.4. The standard InChI is InChI=1S/C46H62O16/c1-47-17-21-55-29-59-37-13-9-33(25-41(37)51-5)45(34-10-14-38(42(26-34)52-6)60-30-56-22-18-48-2)46(35-11-15-39(43(27-35)53-7)61-31-57-23-19-49-3)36-12-16-40(44(28-36)54-8)62-32-58-24-20-50-4/h9-16,25-28,45-46H,17-24,29-32H2,1-8H3. The third-order valence-corrected chi connectivity index (χ3v) is 9.44. The molecular formula is C46H62O16. The van der Waals surface area contributed by atoms with E-state index >= 15 is 0 Å². The highest BCUT2D eigenvalue weighted by Crippen LogP contribution is 2.49. The molecule has 0 fully saturated rings. The van der Waals surface area contributed by atoms with E-state index in [0.717, 1.165) is 22.3 Å². The first-order valence-corrected chi connectivity index (χ1v) is 20.0. The maximum atomic E-state index is 6.00. The zero-order valence-electron chi connectivity index (χ0n) is 37.1. The van der Waals surface area contributed by atoms with Gasteiger partial charge in [-0.3, -0.25) is 0 Å². The van der Waals surface area contributed by atoms with E-state index in [9.17, 15) is 0 Å². The SMILES string of the molecule is COCCOCOc1ccc(C(c2ccc(OCOCCOC)c(OC)c2)C(c2ccc(OCOCCOC)c(OC)c2)c2ccc(OCOCCOC)c(OC)c2)cc1OC. The first-order chi connectivity index (χ1) is 30.5. The van der Waals surface area contributed by atoms with Gasteiger partial charge < -0.3 is 75.8 Å². The number of hydrogen-bond acceptors (Lipinski definition) is 16. The molecule has 16 heteroatoms. The minimum atomic E-state index is -0.417. The smallest absolute Gasteiger partial charge is 0.189 e. The second-order valence-corrected chi connectivity index (χ2v) is 13.2. The van der Waals surface area contributed by atoms with Crippen molar-refractivity contribution in [2.45, 2.75) is 11.8 Å². The summed E-state index contributed by atoms with van der Waals surface area (Å²) in [5, 5.41) is 0. The normalized spacial score (nSPS) is 11.2. The van der Waals surface area contributed by atoms with Crippen LogP contribution in [0.15, 0.2) is 72.8 Å². The molecule has 0 bridgehead atoms. The van der Waals surface area contributed by atoms with Crippen LogP contribution in [-0.2, 0) is 37.9 Å². The molecule has 0 aliphatic heterocycles. The van der Waals surface area contributed by atoms with E-state index in [1.165, 1.54) is 0 Å². The molecule has 0 atom stereocenters. The average molecular weight is 871 g/mol. The minimum absolute atomic E-state index is 0.0102. The molecule has 0 aliphatic rings. The van der Waals surface area contributed by atoms with Crippen LogP contribution in [0.1, 0.15) is 34.1 Å². The Bertz CT molecular complexity index is 1590. The van der Waals surface area contributed by atoms with Gasteiger partial charge in [0.05, 0.1) is 81.3 Å². The molecule has 4 aromatic carbocycles. The summed E-state index contributed by atoms with van der Waals surface area (Å²) >= 11 is 0. The Morgan fingerprint density at radius 1 is 0.290 bits per heavy atom. The molecule has 0 aromatic heterocycles. The van der Waals surface area contributed by atoms with Crippen molar-refractivity contribution in [3.8, 4) is 46.0 Å². The number of ether oxygens (including phenoxy) is 16. The molecule has 342 valence electrons. The molecule has 0 saturated carbocycles. The van der Waals surface area contributed by atoms with E-state index in [1.807, 2.05) is 72.8 Å². The van der Waals surface area contributed by atoms with Crippen molar-refractivity contribution in [3.63, 3.8) is 0 Å². The van der Waals surface area contributed by atoms with Gasteiger partial charge in [-0.25, -0.2) is 0 Å². The molecule has 62 heavy (non-hydrogen) atoms. The molecule has 0 unspecified atom stereocenters. The molecule has 0 spiro atoms. The third-order valence-electron chi connectivity index (χ3n) is 9.44. The third kappa shape index (κ3) is 15.1. The molecule has 4 aromatic rings. The Kier molecular flexibility index (Phi) is 22.8. The number of methoxy groups -OCH3 is 8. The fourth-order valence-corrected chi connectivity index (χ4v) is 6.37. The zero-order valence-corrected chi connectivity index (χ0v) is 37.1. The van der Waals surface area contributed by atoms with Gasteiger partial charge in [0.1, 0.15) is 0 Å². The Morgan fingerprint density at radius 3 is 0.710 bits per heavy atom. The monoisotopic (exact) mass is 870 g/mol. The van der Waals surface area contributed by atoms with Crippen molar-refractivity contribution < 1.29 is 75.8 Å². The highest BCUT2D eigenvalue weighted by atomic mass is 16.7. The van der Waals surface area contributed by atoms with Gasteiger partial charge in [-0.05, 0) is 70.8 Å². The number of hydrogen-bond donors (Lipinski definition) is 0. The molecular weight excluding hydrogens is 808 g/mol. The summed E-state index contributed by atoms with van der Waals surface area (Å²) in [6.07, 6.45) is 0. The van der Waals surface area contributed by atoms with Gasteiger partial charge in [0.15, 0.2) is 73.2 Å². The molecule has 0 aliphatic carbocycles. The van der Waals surface area contributed by atoms with Crippen molar-refractivity contribution in [3.05, 3.63) is 95.1 Å². The van der Waals surface area contributed by atoms with E-state index in [2.05, 4.69) is 0 Å². The maximum Gasteiger partial charge on any atom is 0.189 e. The lowest BCUT2D eigenvalue weighted by atomic mass is 9.73. The summed E-state index contributed by atoms with van der Waals surface area (Å²) in [5.74, 6) is 3.21. The van der Waals surface area contributed by atoms with Gasteiger partial charge in [0.25, 0.3) is 0 Å². The van der Waals surface area contributed by atoms with Gasteiger partial charge in [-0.1, -0.05) is 24.3 Å². The van der Waals surface area contributed by atoms with Gasteiger partial charge in [-0.15, -0.1) is 0 Å². The van der Waals surface area contributed by atoms with Crippen LogP contribution >= 0.6 is 0 Å². The lowest BCUT2D eigenvalue weighted by Crippen LogP contribution is -2.16. The Hall–Kier alpha value is -5.04. The summed E-state index contributed by atoms with van der Waals surface area (Å²) in [6.45, 7) is 3.32. The fraction of sp³-hybridized carbons (Fsp3) is 0.478. The summed E-state index contributed by atoms with van der Waals surface area (Å²) in [7, 11) is 12.8. The molecule has 4 rings (SSSR count). The highest BCUT2D eigenvalue weighted by Gasteiger charge is 2.32. The maximum absolute atomic E-state index is 6.00. The van der Waals surface area contributed by atoms with E-state index in [-0.39, 0.29) is 27.2 Å². The predicted molar refractivity (Wildman–Crippen MR) is 229 cm³/mol. The van der Waals surface area contributed by atoms with Crippen LogP contribution in [-0.4, -0.2) is 137 Å². The Balaban J connectivity index is 1.90. The topological polar surface area (TPSA) is 148 Å². The lowest BCUT2D eigenvalue weighted by Gasteiger charge is -2.31. The van der Waals surface area contributed by atoms with E-state index in [1.54, 1.807) is 56.9 Å². The fourth-order valence-electron chi connectivity index (χ4n) is 6.37. The molecule has 0 radical (unpaired) electrons. The average Bonchev–Trinajstić information content (AvgIpc) is 3.30. The van der Waals surface area contributed by atoms with Crippen LogP contribution in [0, 0.1) is 0 Å². The van der Waals surface area contributed by atoms with Crippen LogP contribution in [0.25, 0.3) is 0 Å². The summed E-state index contributed by atoms with van der Waals surface area (Å²) < 4.78 is 90.4. The second-order valence-electron chi connectivity index (χ2n) is 13.2. The van der Waals surface area contributed by atoms with Crippen LogP contribution in [0.5, 0.6) is 46.0 Å². The van der Waals surface area contributed by atoms with Crippen LogP contribution < -0.4 is 37.9 Å². The number of rotatable bonds is 33. The van der Waals surface area contributed by atoms with Gasteiger partial charge in [0.2, 0.25) is 0 Å². The van der Waals surface area contributed by atoms with Crippen molar-refractivity contribution in [2.75, 3.05) is 137 Å². The molecule has 0 heterocycles. The first-order valence-electron chi connectivity index (χ1n) is 20.0. The second kappa shape index (κ2) is 28.5. The molecule has 16 nitrogen and oxygen atoms in total. The van der Waals surface area contributed by atoms with Gasteiger partial charge in [0, 0.05) is 40.3 Å². The van der Waals surface area contributed by atoms with E-state index < -0.39 is 11.8 Å². The van der Waals surface area contributed by atoms with Crippen LogP contribution in [0.4, 0.5) is 0 Å². The quantitative estimate of drug-likeness (QED) is 0.0370. The summed E-state index contributed by atoms with van der Waals surface area (Å²) in [4.78, 5) is 0. The van der Waals surface area contributed by atoms with E-state index in [0.29, 0.717) is 98.9 Å². The van der Waals surface area contributed by atoms with Crippen molar-refractivity contribution in [2.24, 2.45) is 0 Å². The minimum Gasteiger partial charge on any atom is -0.493 e. The van der Waals surface area contributed by atoms with Crippen LogP contribution in [0.2, 0.25) is 0 Å². The molecule has 0 N–H and O–H groups in total. The van der Waals surface area contributed by atoms with E-state index in [4.69, 9.17) is 75.8 Å². The van der Waals surface area contributed by atoms with Crippen molar-refractivity contribution in [1.82, 2.24) is 0 Å². The van der Waals surface area contributed by atoms with Gasteiger partial charge in [-0.2, -0.15) is 0 Å². The lowest BCUT2D eigenvalue weighted by molar-refractivity contribution is -0.00957. The summed E-state index contributed by atoms with van der Waals surface area (Å²) in [5.41, 5.74) is 3.54. The van der Waals surface area contributed by atoms with Gasteiger partial charge >= 0.3 is 0 Å². The van der Waals surface area contributed by atoms with Crippen LogP contribution in [0.3, 0.4) is 0 Å². The molecule has 0 amide bonds. The van der Waals surface area contributed by atoms with Crippen molar-refractivity contribution >= 4 is 0 Å². The first kappa shape index (κ1) is 49.6. The predicted octanol–water partition coefficient (Wildman–Crippen LogP) is 6.68. The Labute approximate surface area is 364 Å². The largest absolute Gasteiger partial charge is 0.493 e. The Morgan fingerprint density at radius 2 is 0.516 bits per heavy atom. The molecule has 0 saturated heterocycles. The highest BCUT2D eigenvalue weighted by molar-refractivity contribution is 5.56. The summed E-state index contributed by atoms with van der Waals surface area (Å²) in [6, 6.07) is 23.3. The number of benzene rings is 4.